The molecule has 3 rings (SSSR count). The molecule has 1 aromatic carbocycles. The average Bonchev–Trinajstić information content (AvgIpc) is 3.11. The largest absolute Gasteiger partial charge is 0.324 e. The summed E-state index contributed by atoms with van der Waals surface area (Å²) in [7, 11) is 0. The second-order valence-electron chi connectivity index (χ2n) is 5.55. The second-order valence-corrected chi connectivity index (χ2v) is 6.90. The summed E-state index contributed by atoms with van der Waals surface area (Å²) in [6.07, 6.45) is 3.37. The monoisotopic (exact) mass is 418 g/mol. The molecule has 144 valence electrons. The van der Waals surface area contributed by atoms with E-state index in [9.17, 15) is 14.9 Å². The first-order chi connectivity index (χ1) is 13.5. The van der Waals surface area contributed by atoms with Gasteiger partial charge in [0.25, 0.3) is 5.69 Å². The number of thioether (sulfide) groups is 1. The lowest BCUT2D eigenvalue weighted by Crippen LogP contribution is -2.15. The van der Waals surface area contributed by atoms with Crippen LogP contribution in [0.1, 0.15) is 6.92 Å². The number of halogens is 1. The molecule has 0 bridgehead atoms. The number of carbonyl (C=O) groups is 1. The minimum absolute atomic E-state index is 0.0458. The number of nitrogens with zero attached hydrogens (tertiary/aromatic N) is 5. The molecule has 1 N–H and O–H groups in total. The number of benzene rings is 1. The highest BCUT2D eigenvalue weighted by molar-refractivity contribution is 7.99. The van der Waals surface area contributed by atoms with Gasteiger partial charge in [-0.3, -0.25) is 19.9 Å². The zero-order chi connectivity index (χ0) is 20.1. The predicted molar refractivity (Wildman–Crippen MR) is 106 cm³/mol. The summed E-state index contributed by atoms with van der Waals surface area (Å²) in [5, 5.41) is 22.6. The van der Waals surface area contributed by atoms with Crippen molar-refractivity contribution < 1.29 is 9.72 Å². The summed E-state index contributed by atoms with van der Waals surface area (Å²) in [5.41, 5.74) is 0.866. The Balaban J connectivity index is 1.70. The van der Waals surface area contributed by atoms with E-state index in [4.69, 9.17) is 11.6 Å². The summed E-state index contributed by atoms with van der Waals surface area (Å²) in [6, 6.07) is 7.56. The van der Waals surface area contributed by atoms with E-state index in [2.05, 4.69) is 20.5 Å². The lowest BCUT2D eigenvalue weighted by Gasteiger charge is -2.08. The molecule has 0 aliphatic heterocycles. The molecular formula is C17H15ClN6O3S. The average molecular weight is 419 g/mol. The quantitative estimate of drug-likeness (QED) is 0.353. The van der Waals surface area contributed by atoms with Gasteiger partial charge in [0.05, 0.1) is 21.4 Å². The van der Waals surface area contributed by atoms with Crippen molar-refractivity contribution in [2.24, 2.45) is 0 Å². The van der Waals surface area contributed by atoms with E-state index in [1.54, 1.807) is 12.4 Å². The fourth-order valence-electron chi connectivity index (χ4n) is 2.43. The highest BCUT2D eigenvalue weighted by Crippen LogP contribution is 2.28. The zero-order valence-corrected chi connectivity index (χ0v) is 16.3. The Morgan fingerprint density at radius 2 is 2.18 bits per heavy atom. The maximum absolute atomic E-state index is 12.3. The molecule has 3 aromatic rings. The third-order valence-corrected chi connectivity index (χ3v) is 5.02. The Labute approximate surface area is 169 Å². The molecule has 0 radical (unpaired) electrons. The number of amides is 1. The van der Waals surface area contributed by atoms with E-state index in [-0.39, 0.29) is 28.1 Å². The van der Waals surface area contributed by atoms with Gasteiger partial charge in [-0.15, -0.1) is 10.2 Å². The summed E-state index contributed by atoms with van der Waals surface area (Å²) in [4.78, 5) is 26.7. The van der Waals surface area contributed by atoms with Crippen LogP contribution in [0.2, 0.25) is 5.02 Å². The Bertz CT molecular complexity index is 1010. The third kappa shape index (κ3) is 4.46. The zero-order valence-electron chi connectivity index (χ0n) is 14.7. The van der Waals surface area contributed by atoms with Crippen LogP contribution in [-0.2, 0) is 11.3 Å². The van der Waals surface area contributed by atoms with Crippen LogP contribution in [0.25, 0.3) is 11.4 Å². The van der Waals surface area contributed by atoms with E-state index in [1.807, 2.05) is 23.6 Å². The summed E-state index contributed by atoms with van der Waals surface area (Å²) < 4.78 is 1.88. The summed E-state index contributed by atoms with van der Waals surface area (Å²) in [6.45, 7) is 2.58. The van der Waals surface area contributed by atoms with Crippen LogP contribution in [0, 0.1) is 10.1 Å². The van der Waals surface area contributed by atoms with Gasteiger partial charge in [-0.1, -0.05) is 23.4 Å². The number of rotatable bonds is 7. The first kappa shape index (κ1) is 19.8. The molecule has 0 unspecified atom stereocenters. The van der Waals surface area contributed by atoms with Gasteiger partial charge in [0.2, 0.25) is 5.91 Å². The van der Waals surface area contributed by atoms with Crippen molar-refractivity contribution in [3.05, 3.63) is 57.9 Å². The van der Waals surface area contributed by atoms with Crippen LogP contribution in [0.15, 0.2) is 47.9 Å². The van der Waals surface area contributed by atoms with Gasteiger partial charge in [-0.25, -0.2) is 0 Å². The topological polar surface area (TPSA) is 116 Å². The van der Waals surface area contributed by atoms with Crippen molar-refractivity contribution in [3.8, 4) is 11.4 Å². The van der Waals surface area contributed by atoms with Gasteiger partial charge in [-0.05, 0) is 25.1 Å². The van der Waals surface area contributed by atoms with Gasteiger partial charge >= 0.3 is 0 Å². The van der Waals surface area contributed by atoms with E-state index >= 15 is 0 Å². The highest BCUT2D eigenvalue weighted by Gasteiger charge is 2.16. The third-order valence-electron chi connectivity index (χ3n) is 3.72. The molecule has 0 aliphatic rings. The molecule has 9 nitrogen and oxygen atoms in total. The Morgan fingerprint density at radius 1 is 1.36 bits per heavy atom. The fraction of sp³-hybridized carbons (Fsp3) is 0.176. The van der Waals surface area contributed by atoms with Crippen molar-refractivity contribution in [1.82, 2.24) is 19.7 Å². The Hall–Kier alpha value is -2.98. The molecule has 0 aliphatic carbocycles. The van der Waals surface area contributed by atoms with Gasteiger partial charge < -0.3 is 9.88 Å². The highest BCUT2D eigenvalue weighted by atomic mass is 35.5. The van der Waals surface area contributed by atoms with Crippen molar-refractivity contribution in [3.63, 3.8) is 0 Å². The number of nitro benzene ring substituents is 1. The van der Waals surface area contributed by atoms with Crippen molar-refractivity contribution in [2.45, 2.75) is 18.6 Å². The number of non-ortho nitro benzene ring substituents is 1. The molecule has 1 amide bonds. The number of anilines is 1. The normalized spacial score (nSPS) is 10.6. The standard InChI is InChI=1S/C17H15ClN6O3S/c1-2-23-16(11-4-3-7-19-9-11)21-22-17(23)28-10-15(25)20-14-8-12(24(26)27)5-6-13(14)18/h3-9H,2,10H2,1H3,(H,20,25). The number of hydrogen-bond acceptors (Lipinski definition) is 7. The molecule has 0 saturated carbocycles. The molecule has 2 heterocycles. The van der Waals surface area contributed by atoms with E-state index in [0.29, 0.717) is 17.5 Å². The molecule has 11 heteroatoms. The summed E-state index contributed by atoms with van der Waals surface area (Å²) in [5.74, 6) is 0.353. The number of nitro groups is 1. The van der Waals surface area contributed by atoms with E-state index in [0.717, 1.165) is 5.56 Å². The number of pyridine rings is 1. The molecular weight excluding hydrogens is 404 g/mol. The number of hydrogen-bond donors (Lipinski definition) is 1. The van der Waals surface area contributed by atoms with E-state index in [1.165, 1.54) is 30.0 Å². The number of nitrogens with one attached hydrogen (secondary N) is 1. The van der Waals surface area contributed by atoms with Crippen molar-refractivity contribution in [2.75, 3.05) is 11.1 Å². The lowest BCUT2D eigenvalue weighted by molar-refractivity contribution is -0.384. The van der Waals surface area contributed by atoms with Crippen LogP contribution in [0.3, 0.4) is 0 Å². The molecule has 28 heavy (non-hydrogen) atoms. The van der Waals surface area contributed by atoms with E-state index < -0.39 is 4.92 Å². The lowest BCUT2D eigenvalue weighted by atomic mass is 10.3. The summed E-state index contributed by atoms with van der Waals surface area (Å²) >= 11 is 7.22. The Kier molecular flexibility index (Phi) is 6.22. The fourth-order valence-corrected chi connectivity index (χ4v) is 3.40. The predicted octanol–water partition coefficient (Wildman–Crippen LogP) is 3.65. The molecule has 0 saturated heterocycles. The smallest absolute Gasteiger partial charge is 0.271 e. The van der Waals surface area contributed by atoms with Crippen LogP contribution in [0.5, 0.6) is 0 Å². The van der Waals surface area contributed by atoms with Gasteiger partial charge in [0.1, 0.15) is 0 Å². The van der Waals surface area contributed by atoms with Crippen LogP contribution in [0.4, 0.5) is 11.4 Å². The minimum Gasteiger partial charge on any atom is -0.324 e. The Morgan fingerprint density at radius 3 is 2.86 bits per heavy atom. The number of carbonyl (C=O) groups excluding carboxylic acids is 1. The molecule has 0 fully saturated rings. The maximum Gasteiger partial charge on any atom is 0.271 e. The van der Waals surface area contributed by atoms with Gasteiger partial charge in [0.15, 0.2) is 11.0 Å². The molecule has 0 atom stereocenters. The second kappa shape index (κ2) is 8.81. The first-order valence-electron chi connectivity index (χ1n) is 8.19. The minimum atomic E-state index is -0.551. The van der Waals surface area contributed by atoms with Crippen LogP contribution < -0.4 is 5.32 Å². The first-order valence-corrected chi connectivity index (χ1v) is 9.56. The van der Waals surface area contributed by atoms with Crippen LogP contribution >= 0.6 is 23.4 Å². The SMILES string of the molecule is CCn1c(SCC(=O)Nc2cc([N+](=O)[O-])ccc2Cl)nnc1-c1cccnc1. The van der Waals surface area contributed by atoms with Crippen LogP contribution in [-0.4, -0.2) is 36.3 Å². The van der Waals surface area contributed by atoms with Gasteiger partial charge in [0, 0.05) is 36.6 Å². The maximum atomic E-state index is 12.3. The number of aromatic nitrogens is 4. The van der Waals surface area contributed by atoms with Gasteiger partial charge in [-0.2, -0.15) is 0 Å². The molecule has 0 spiro atoms. The molecule has 2 aromatic heterocycles. The van der Waals surface area contributed by atoms with Crippen molar-refractivity contribution in [1.29, 1.82) is 0 Å². The van der Waals surface area contributed by atoms with Crippen molar-refractivity contribution >= 4 is 40.6 Å².